The van der Waals surface area contributed by atoms with E-state index in [4.69, 9.17) is 4.74 Å². The molecular weight excluding hydrogens is 320 g/mol. The fourth-order valence-corrected chi connectivity index (χ4v) is 2.35. The van der Waals surface area contributed by atoms with E-state index in [1.807, 2.05) is 19.1 Å². The average molecular weight is 337 g/mol. The minimum atomic E-state index is -0.109. The molecule has 0 radical (unpaired) electrons. The summed E-state index contributed by atoms with van der Waals surface area (Å²) >= 11 is 3.30. The van der Waals surface area contributed by atoms with Crippen LogP contribution in [-0.4, -0.2) is 24.5 Å². The number of carbonyl (C=O) groups is 1. The van der Waals surface area contributed by atoms with Crippen molar-refractivity contribution in [3.8, 4) is 5.75 Å². The number of aryl methyl sites for hydroxylation is 1. The molecule has 1 heterocycles. The number of amides is 1. The highest BCUT2D eigenvalue weighted by Gasteiger charge is 2.08. The van der Waals surface area contributed by atoms with Crippen LogP contribution >= 0.6 is 15.9 Å². The molecule has 2 rings (SSSR count). The number of aromatic nitrogens is 1. The third-order valence-corrected chi connectivity index (χ3v) is 3.47. The molecule has 1 amide bonds. The summed E-state index contributed by atoms with van der Waals surface area (Å²) in [4.78, 5) is 14.8. The van der Waals surface area contributed by atoms with Crippen molar-refractivity contribution in [1.29, 1.82) is 0 Å². The van der Waals surface area contributed by atoms with Gasteiger partial charge in [-0.2, -0.15) is 0 Å². The highest BCUT2D eigenvalue weighted by Crippen LogP contribution is 2.19. The normalized spacial score (nSPS) is 10.3. The molecule has 0 saturated carbocycles. The fourth-order valence-electron chi connectivity index (χ4n) is 2.01. The summed E-state index contributed by atoms with van der Waals surface area (Å²) in [7, 11) is 1.66. The molecule has 5 heteroatoms. The Labute approximate surface area is 126 Å². The Morgan fingerprint density at radius 2 is 2.20 bits per heavy atom. The van der Waals surface area contributed by atoms with Gasteiger partial charge in [0.2, 0.25) is 0 Å². The Morgan fingerprint density at radius 1 is 1.40 bits per heavy atom. The first kappa shape index (κ1) is 14.7. The summed E-state index contributed by atoms with van der Waals surface area (Å²) in [6.07, 6.45) is 2.47. The summed E-state index contributed by atoms with van der Waals surface area (Å²) in [5, 5.41) is 2.88. The van der Waals surface area contributed by atoms with Gasteiger partial charge in [0.05, 0.1) is 7.11 Å². The Bertz CT molecular complexity index is 608. The van der Waals surface area contributed by atoms with Gasteiger partial charge in [-0.1, -0.05) is 17.7 Å². The van der Waals surface area contributed by atoms with Gasteiger partial charge in [-0.25, -0.2) is 0 Å². The zero-order valence-corrected chi connectivity index (χ0v) is 13.1. The standard InChI is InChI=1S/C15H17BrN2O2/c1-10-3-4-14(20-2)11(7-10)5-6-17-15(19)13-8-12(16)9-18-13/h3-4,7-9,18H,5-6H2,1-2H3,(H,17,19). The number of carbonyl (C=O) groups excluding carboxylic acids is 1. The van der Waals surface area contributed by atoms with E-state index in [0.717, 1.165) is 22.2 Å². The molecule has 4 nitrogen and oxygen atoms in total. The van der Waals surface area contributed by atoms with Crippen molar-refractivity contribution in [2.24, 2.45) is 0 Å². The Hall–Kier alpha value is -1.75. The number of nitrogens with one attached hydrogen (secondary N) is 2. The molecule has 2 N–H and O–H groups in total. The van der Waals surface area contributed by atoms with Gasteiger partial charge in [-0.15, -0.1) is 0 Å². The van der Waals surface area contributed by atoms with E-state index in [1.165, 1.54) is 5.56 Å². The van der Waals surface area contributed by atoms with Crippen molar-refractivity contribution >= 4 is 21.8 Å². The largest absolute Gasteiger partial charge is 0.496 e. The van der Waals surface area contributed by atoms with E-state index in [1.54, 1.807) is 19.4 Å². The van der Waals surface area contributed by atoms with Crippen LogP contribution < -0.4 is 10.1 Å². The number of hydrogen-bond donors (Lipinski definition) is 2. The van der Waals surface area contributed by atoms with Crippen LogP contribution in [0.4, 0.5) is 0 Å². The molecule has 0 bridgehead atoms. The predicted octanol–water partition coefficient (Wildman–Crippen LogP) is 3.07. The van der Waals surface area contributed by atoms with Crippen LogP contribution in [-0.2, 0) is 6.42 Å². The zero-order chi connectivity index (χ0) is 14.5. The quantitative estimate of drug-likeness (QED) is 0.881. The summed E-state index contributed by atoms with van der Waals surface area (Å²) in [6, 6.07) is 7.80. The van der Waals surface area contributed by atoms with Crippen molar-refractivity contribution in [3.63, 3.8) is 0 Å². The molecule has 0 aliphatic rings. The summed E-state index contributed by atoms with van der Waals surface area (Å²) in [5.41, 5.74) is 2.83. The molecule has 0 spiro atoms. The molecule has 0 aliphatic carbocycles. The topological polar surface area (TPSA) is 54.1 Å². The molecular formula is C15H17BrN2O2. The minimum Gasteiger partial charge on any atom is -0.496 e. The SMILES string of the molecule is COc1ccc(C)cc1CCNC(=O)c1cc(Br)c[nH]1. The monoisotopic (exact) mass is 336 g/mol. The third kappa shape index (κ3) is 3.63. The number of methoxy groups -OCH3 is 1. The van der Waals surface area contributed by atoms with Crippen molar-refractivity contribution in [3.05, 3.63) is 51.8 Å². The molecule has 0 unspecified atom stereocenters. The maximum atomic E-state index is 11.9. The summed E-state index contributed by atoms with van der Waals surface area (Å²) in [6.45, 7) is 2.60. The van der Waals surface area contributed by atoms with E-state index in [0.29, 0.717) is 12.2 Å². The predicted molar refractivity (Wildman–Crippen MR) is 82.3 cm³/mol. The second-order valence-corrected chi connectivity index (χ2v) is 5.47. The van der Waals surface area contributed by atoms with Gasteiger partial charge >= 0.3 is 0 Å². The molecule has 2 aromatic rings. The van der Waals surface area contributed by atoms with Crippen LogP contribution in [0.25, 0.3) is 0 Å². The average Bonchev–Trinajstić information content (AvgIpc) is 2.86. The number of ether oxygens (including phenoxy) is 1. The maximum absolute atomic E-state index is 11.9. The summed E-state index contributed by atoms with van der Waals surface area (Å²) in [5.74, 6) is 0.745. The number of benzene rings is 1. The van der Waals surface area contributed by atoms with Gasteiger partial charge in [0.25, 0.3) is 5.91 Å². The molecule has 1 aromatic heterocycles. The number of halogens is 1. The zero-order valence-electron chi connectivity index (χ0n) is 11.5. The molecule has 1 aromatic carbocycles. The van der Waals surface area contributed by atoms with Crippen LogP contribution in [0.1, 0.15) is 21.6 Å². The first-order valence-corrected chi connectivity index (χ1v) is 7.15. The Morgan fingerprint density at radius 3 is 2.85 bits per heavy atom. The van der Waals surface area contributed by atoms with E-state index in [2.05, 4.69) is 32.3 Å². The van der Waals surface area contributed by atoms with E-state index >= 15 is 0 Å². The van der Waals surface area contributed by atoms with Crippen LogP contribution in [0.3, 0.4) is 0 Å². The van der Waals surface area contributed by atoms with Gasteiger partial charge in [0.1, 0.15) is 11.4 Å². The first-order valence-electron chi connectivity index (χ1n) is 6.36. The Balaban J connectivity index is 1.93. The van der Waals surface area contributed by atoms with Gasteiger partial charge in [-0.3, -0.25) is 4.79 Å². The summed E-state index contributed by atoms with van der Waals surface area (Å²) < 4.78 is 6.18. The van der Waals surface area contributed by atoms with Crippen molar-refractivity contribution in [2.75, 3.05) is 13.7 Å². The van der Waals surface area contributed by atoms with Gasteiger partial charge in [0.15, 0.2) is 0 Å². The second-order valence-electron chi connectivity index (χ2n) is 4.55. The molecule has 106 valence electrons. The molecule has 0 fully saturated rings. The number of rotatable bonds is 5. The van der Waals surface area contributed by atoms with Crippen LogP contribution in [0.15, 0.2) is 34.9 Å². The molecule has 0 saturated heterocycles. The highest BCUT2D eigenvalue weighted by atomic mass is 79.9. The first-order chi connectivity index (χ1) is 9.60. The highest BCUT2D eigenvalue weighted by molar-refractivity contribution is 9.10. The molecule has 0 atom stereocenters. The van der Waals surface area contributed by atoms with Crippen LogP contribution in [0.2, 0.25) is 0 Å². The van der Waals surface area contributed by atoms with E-state index < -0.39 is 0 Å². The second kappa shape index (κ2) is 6.61. The lowest BCUT2D eigenvalue weighted by atomic mass is 10.1. The lowest BCUT2D eigenvalue weighted by Crippen LogP contribution is -2.26. The van der Waals surface area contributed by atoms with Crippen molar-refractivity contribution < 1.29 is 9.53 Å². The lowest BCUT2D eigenvalue weighted by molar-refractivity contribution is 0.0949. The van der Waals surface area contributed by atoms with Crippen LogP contribution in [0, 0.1) is 6.92 Å². The Kier molecular flexibility index (Phi) is 4.84. The van der Waals surface area contributed by atoms with Gasteiger partial charge < -0.3 is 15.0 Å². The molecule has 20 heavy (non-hydrogen) atoms. The van der Waals surface area contributed by atoms with Crippen LogP contribution in [0.5, 0.6) is 5.75 Å². The lowest BCUT2D eigenvalue weighted by Gasteiger charge is -2.10. The van der Waals surface area contributed by atoms with Gasteiger partial charge in [-0.05, 0) is 47.0 Å². The number of aromatic amines is 1. The van der Waals surface area contributed by atoms with E-state index in [-0.39, 0.29) is 5.91 Å². The van der Waals surface area contributed by atoms with E-state index in [9.17, 15) is 4.79 Å². The molecule has 0 aliphatic heterocycles. The fraction of sp³-hybridized carbons (Fsp3) is 0.267. The van der Waals surface area contributed by atoms with Gasteiger partial charge in [0, 0.05) is 17.2 Å². The smallest absolute Gasteiger partial charge is 0.267 e. The van der Waals surface area contributed by atoms with Crippen molar-refractivity contribution in [1.82, 2.24) is 10.3 Å². The van der Waals surface area contributed by atoms with Crippen molar-refractivity contribution in [2.45, 2.75) is 13.3 Å². The number of hydrogen-bond acceptors (Lipinski definition) is 2. The minimum absolute atomic E-state index is 0.109. The number of H-pyrrole nitrogens is 1. The third-order valence-electron chi connectivity index (χ3n) is 3.01. The maximum Gasteiger partial charge on any atom is 0.267 e.